The molecule has 1 aliphatic rings. The van der Waals surface area contributed by atoms with E-state index in [4.69, 9.17) is 5.73 Å². The first-order chi connectivity index (χ1) is 9.27. The third-order valence-electron chi connectivity index (χ3n) is 4.88. The van der Waals surface area contributed by atoms with Crippen LogP contribution < -0.4 is 5.73 Å². The summed E-state index contributed by atoms with van der Waals surface area (Å²) in [4.78, 5) is 0. The maximum atomic E-state index is 6.61. The Hall–Kier alpha value is -0.0400. The molecule has 1 fully saturated rings. The van der Waals surface area contributed by atoms with E-state index < -0.39 is 0 Å². The number of hydrogen-bond donors (Lipinski definition) is 1. The molecule has 0 aliphatic heterocycles. The van der Waals surface area contributed by atoms with Gasteiger partial charge in [-0.05, 0) is 19.3 Å². The summed E-state index contributed by atoms with van der Waals surface area (Å²) in [5.41, 5.74) is 6.81. The van der Waals surface area contributed by atoms with E-state index in [0.29, 0.717) is 0 Å². The molecule has 0 radical (unpaired) electrons. The Morgan fingerprint density at radius 3 is 1.74 bits per heavy atom. The van der Waals surface area contributed by atoms with E-state index in [0.717, 1.165) is 0 Å². The molecule has 1 saturated carbocycles. The fraction of sp³-hybridized carbons (Fsp3) is 1.00. The Morgan fingerprint density at radius 2 is 1.16 bits per heavy atom. The molecule has 0 aromatic rings. The molecule has 114 valence electrons. The van der Waals surface area contributed by atoms with E-state index in [2.05, 4.69) is 6.92 Å². The van der Waals surface area contributed by atoms with E-state index in [1.54, 1.807) is 0 Å². The molecule has 0 bridgehead atoms. The van der Waals surface area contributed by atoms with Crippen LogP contribution in [-0.4, -0.2) is 5.54 Å². The zero-order valence-corrected chi connectivity index (χ0v) is 13.4. The van der Waals surface area contributed by atoms with Crippen LogP contribution in [0.5, 0.6) is 0 Å². The lowest BCUT2D eigenvalue weighted by atomic mass is 9.81. The van der Waals surface area contributed by atoms with Crippen molar-refractivity contribution in [2.45, 2.75) is 115 Å². The second-order valence-corrected chi connectivity index (χ2v) is 6.86. The fourth-order valence-electron chi connectivity index (χ4n) is 3.47. The highest BCUT2D eigenvalue weighted by Gasteiger charge is 2.24. The van der Waals surface area contributed by atoms with E-state index >= 15 is 0 Å². The van der Waals surface area contributed by atoms with Crippen LogP contribution in [0.3, 0.4) is 0 Å². The minimum absolute atomic E-state index is 0.197. The quantitative estimate of drug-likeness (QED) is 0.512. The Bertz CT molecular complexity index is 192. The SMILES string of the molecule is CCCCCCCCCCC1(N)CCCCCCC1. The second kappa shape index (κ2) is 10.7. The van der Waals surface area contributed by atoms with Gasteiger partial charge < -0.3 is 5.73 Å². The van der Waals surface area contributed by atoms with Crippen molar-refractivity contribution in [3.63, 3.8) is 0 Å². The van der Waals surface area contributed by atoms with Crippen LogP contribution in [0, 0.1) is 0 Å². The largest absolute Gasteiger partial charge is 0.325 e. The van der Waals surface area contributed by atoms with Crippen molar-refractivity contribution in [2.24, 2.45) is 5.73 Å². The van der Waals surface area contributed by atoms with Gasteiger partial charge in [0, 0.05) is 5.54 Å². The summed E-state index contributed by atoms with van der Waals surface area (Å²) in [6.45, 7) is 2.29. The van der Waals surface area contributed by atoms with Crippen LogP contribution in [0.2, 0.25) is 0 Å². The molecule has 0 spiro atoms. The minimum Gasteiger partial charge on any atom is -0.325 e. The van der Waals surface area contributed by atoms with Gasteiger partial charge in [0.15, 0.2) is 0 Å². The van der Waals surface area contributed by atoms with Gasteiger partial charge in [-0.1, -0.05) is 90.4 Å². The monoisotopic (exact) mass is 267 g/mol. The molecule has 0 saturated heterocycles. The first kappa shape index (κ1) is 17.0. The van der Waals surface area contributed by atoms with Gasteiger partial charge >= 0.3 is 0 Å². The van der Waals surface area contributed by atoms with Crippen LogP contribution >= 0.6 is 0 Å². The molecule has 0 heterocycles. The summed E-state index contributed by atoms with van der Waals surface area (Å²) >= 11 is 0. The first-order valence-corrected chi connectivity index (χ1v) is 9.06. The molecule has 0 amide bonds. The Kier molecular flexibility index (Phi) is 9.59. The van der Waals surface area contributed by atoms with E-state index in [-0.39, 0.29) is 5.54 Å². The lowest BCUT2D eigenvalue weighted by Crippen LogP contribution is -2.40. The number of hydrogen-bond acceptors (Lipinski definition) is 1. The normalized spacial score (nSPS) is 19.9. The average Bonchev–Trinajstić information content (AvgIpc) is 2.38. The van der Waals surface area contributed by atoms with Crippen molar-refractivity contribution in [3.8, 4) is 0 Å². The zero-order valence-electron chi connectivity index (χ0n) is 13.4. The van der Waals surface area contributed by atoms with Crippen molar-refractivity contribution in [3.05, 3.63) is 0 Å². The molecule has 1 nitrogen and oxygen atoms in total. The maximum Gasteiger partial charge on any atom is 0.0154 e. The minimum atomic E-state index is 0.197. The lowest BCUT2D eigenvalue weighted by molar-refractivity contribution is 0.288. The van der Waals surface area contributed by atoms with Gasteiger partial charge in [0.25, 0.3) is 0 Å². The number of unbranched alkanes of at least 4 members (excludes halogenated alkanes) is 7. The van der Waals surface area contributed by atoms with E-state index in [1.165, 1.54) is 103 Å². The highest BCUT2D eigenvalue weighted by molar-refractivity contribution is 4.85. The van der Waals surface area contributed by atoms with E-state index in [1.807, 2.05) is 0 Å². The Labute approximate surface area is 121 Å². The number of rotatable bonds is 9. The summed E-state index contributed by atoms with van der Waals surface area (Å²) < 4.78 is 0. The summed E-state index contributed by atoms with van der Waals surface area (Å²) in [6.07, 6.45) is 22.2. The Morgan fingerprint density at radius 1 is 0.684 bits per heavy atom. The molecular weight excluding hydrogens is 230 g/mol. The first-order valence-electron chi connectivity index (χ1n) is 9.06. The average molecular weight is 268 g/mol. The number of nitrogens with two attached hydrogens (primary N) is 1. The fourth-order valence-corrected chi connectivity index (χ4v) is 3.47. The third kappa shape index (κ3) is 8.68. The molecule has 0 atom stereocenters. The molecule has 0 unspecified atom stereocenters. The predicted molar refractivity (Wildman–Crippen MR) is 86.5 cm³/mol. The summed E-state index contributed by atoms with van der Waals surface area (Å²) in [6, 6.07) is 0. The van der Waals surface area contributed by atoms with Crippen LogP contribution in [0.1, 0.15) is 110 Å². The van der Waals surface area contributed by atoms with Gasteiger partial charge in [0.2, 0.25) is 0 Å². The Balaban J connectivity index is 2.00. The van der Waals surface area contributed by atoms with Gasteiger partial charge in [0.1, 0.15) is 0 Å². The van der Waals surface area contributed by atoms with Gasteiger partial charge in [0.05, 0.1) is 0 Å². The van der Waals surface area contributed by atoms with Crippen LogP contribution in [-0.2, 0) is 0 Å². The molecule has 0 aromatic heterocycles. The maximum absolute atomic E-state index is 6.61. The summed E-state index contributed by atoms with van der Waals surface area (Å²) in [7, 11) is 0. The molecule has 2 N–H and O–H groups in total. The molecule has 1 heteroatoms. The highest BCUT2D eigenvalue weighted by Crippen LogP contribution is 2.28. The van der Waals surface area contributed by atoms with Crippen molar-refractivity contribution in [1.29, 1.82) is 0 Å². The summed E-state index contributed by atoms with van der Waals surface area (Å²) in [5.74, 6) is 0. The van der Waals surface area contributed by atoms with Crippen molar-refractivity contribution >= 4 is 0 Å². The van der Waals surface area contributed by atoms with Crippen molar-refractivity contribution < 1.29 is 0 Å². The van der Waals surface area contributed by atoms with Gasteiger partial charge in [-0.25, -0.2) is 0 Å². The summed E-state index contributed by atoms with van der Waals surface area (Å²) in [5, 5.41) is 0. The van der Waals surface area contributed by atoms with Crippen molar-refractivity contribution in [1.82, 2.24) is 0 Å². The third-order valence-corrected chi connectivity index (χ3v) is 4.88. The molecule has 1 aliphatic carbocycles. The molecular formula is C18H37N. The molecule has 19 heavy (non-hydrogen) atoms. The van der Waals surface area contributed by atoms with Crippen molar-refractivity contribution in [2.75, 3.05) is 0 Å². The van der Waals surface area contributed by atoms with Crippen LogP contribution in [0.15, 0.2) is 0 Å². The molecule has 1 rings (SSSR count). The van der Waals surface area contributed by atoms with Gasteiger partial charge in [-0.15, -0.1) is 0 Å². The lowest BCUT2D eigenvalue weighted by Gasteiger charge is -2.31. The second-order valence-electron chi connectivity index (χ2n) is 6.86. The standard InChI is InChI=1S/C18H37N/c1-2-3-4-5-6-7-9-12-15-18(19)16-13-10-8-11-14-17-18/h2-17,19H2,1H3. The topological polar surface area (TPSA) is 26.0 Å². The molecule has 0 aromatic carbocycles. The zero-order chi connectivity index (χ0) is 13.8. The highest BCUT2D eigenvalue weighted by atomic mass is 14.7. The van der Waals surface area contributed by atoms with Gasteiger partial charge in [-0.2, -0.15) is 0 Å². The van der Waals surface area contributed by atoms with E-state index in [9.17, 15) is 0 Å². The smallest absolute Gasteiger partial charge is 0.0154 e. The van der Waals surface area contributed by atoms with Crippen LogP contribution in [0.25, 0.3) is 0 Å². The van der Waals surface area contributed by atoms with Gasteiger partial charge in [-0.3, -0.25) is 0 Å². The predicted octanol–water partition coefficient (Wildman–Crippen LogP) is 5.96. The van der Waals surface area contributed by atoms with Crippen LogP contribution in [0.4, 0.5) is 0 Å².